The zero-order valence-electron chi connectivity index (χ0n) is 12.0. The molecule has 0 N–H and O–H groups in total. The third-order valence-corrected chi connectivity index (χ3v) is 3.49. The van der Waals surface area contributed by atoms with Crippen LogP contribution >= 0.6 is 0 Å². The lowest BCUT2D eigenvalue weighted by atomic mass is 10.0. The van der Waals surface area contributed by atoms with Gasteiger partial charge in [-0.3, -0.25) is 0 Å². The monoisotopic (exact) mass is 265 g/mol. The van der Waals surface area contributed by atoms with E-state index in [4.69, 9.17) is 0 Å². The standard InChI is InChI=1S/C17H19N3/c1-13(2)11-20-12-18-19-17(20)10-15-8-5-7-14-6-3-4-9-16(14)15/h3-9,12-13H,10-11H2,1-2H3. The lowest BCUT2D eigenvalue weighted by Crippen LogP contribution is -2.08. The predicted molar refractivity (Wildman–Crippen MR) is 81.6 cm³/mol. The molecule has 0 bridgehead atoms. The summed E-state index contributed by atoms with van der Waals surface area (Å²) in [4.78, 5) is 0. The molecule has 0 spiro atoms. The van der Waals surface area contributed by atoms with E-state index in [9.17, 15) is 0 Å². The molecule has 0 saturated heterocycles. The van der Waals surface area contributed by atoms with Gasteiger partial charge in [0.15, 0.2) is 0 Å². The topological polar surface area (TPSA) is 30.7 Å². The van der Waals surface area contributed by atoms with E-state index in [-0.39, 0.29) is 0 Å². The van der Waals surface area contributed by atoms with Gasteiger partial charge in [0.25, 0.3) is 0 Å². The van der Waals surface area contributed by atoms with Gasteiger partial charge in [-0.05, 0) is 22.3 Å². The van der Waals surface area contributed by atoms with Crippen molar-refractivity contribution in [1.29, 1.82) is 0 Å². The van der Waals surface area contributed by atoms with Crippen LogP contribution in [0, 0.1) is 5.92 Å². The van der Waals surface area contributed by atoms with Crippen molar-refractivity contribution >= 4 is 10.8 Å². The largest absolute Gasteiger partial charge is 0.317 e. The Labute approximate surface area is 119 Å². The number of fused-ring (bicyclic) bond motifs is 1. The summed E-state index contributed by atoms with van der Waals surface area (Å²) in [5, 5.41) is 10.9. The Morgan fingerprint density at radius 3 is 2.70 bits per heavy atom. The number of hydrogen-bond acceptors (Lipinski definition) is 2. The van der Waals surface area contributed by atoms with Crippen molar-refractivity contribution in [2.24, 2.45) is 5.92 Å². The molecular weight excluding hydrogens is 246 g/mol. The van der Waals surface area contributed by atoms with E-state index < -0.39 is 0 Å². The normalized spacial score (nSPS) is 11.3. The Morgan fingerprint density at radius 1 is 1.05 bits per heavy atom. The Hall–Kier alpha value is -2.16. The number of benzene rings is 2. The molecule has 3 rings (SSSR count). The molecular formula is C17H19N3. The number of rotatable bonds is 4. The van der Waals surface area contributed by atoms with Gasteiger partial charge in [0.1, 0.15) is 12.2 Å². The van der Waals surface area contributed by atoms with Crippen LogP contribution in [-0.2, 0) is 13.0 Å². The lowest BCUT2D eigenvalue weighted by Gasteiger charge is -2.10. The van der Waals surface area contributed by atoms with Gasteiger partial charge in [0.2, 0.25) is 0 Å². The first-order valence-corrected chi connectivity index (χ1v) is 7.07. The van der Waals surface area contributed by atoms with Gasteiger partial charge in [-0.2, -0.15) is 0 Å². The van der Waals surface area contributed by atoms with Crippen LogP contribution < -0.4 is 0 Å². The lowest BCUT2D eigenvalue weighted by molar-refractivity contribution is 0.509. The molecule has 0 aliphatic rings. The molecule has 20 heavy (non-hydrogen) atoms. The van der Waals surface area contributed by atoms with Crippen molar-refractivity contribution in [3.05, 3.63) is 60.2 Å². The van der Waals surface area contributed by atoms with Gasteiger partial charge in [-0.25, -0.2) is 0 Å². The molecule has 1 aromatic heterocycles. The average molecular weight is 265 g/mol. The molecule has 0 saturated carbocycles. The van der Waals surface area contributed by atoms with Crippen LogP contribution in [0.25, 0.3) is 10.8 Å². The van der Waals surface area contributed by atoms with Crippen molar-refractivity contribution in [2.45, 2.75) is 26.8 Å². The van der Waals surface area contributed by atoms with Gasteiger partial charge < -0.3 is 4.57 Å². The van der Waals surface area contributed by atoms with E-state index in [1.807, 2.05) is 6.33 Å². The molecule has 0 aliphatic heterocycles. The van der Waals surface area contributed by atoms with Crippen LogP contribution in [0.5, 0.6) is 0 Å². The van der Waals surface area contributed by atoms with Crippen molar-refractivity contribution < 1.29 is 0 Å². The molecule has 1 heterocycles. The summed E-state index contributed by atoms with van der Waals surface area (Å²) < 4.78 is 2.16. The maximum absolute atomic E-state index is 4.28. The number of hydrogen-bond donors (Lipinski definition) is 0. The molecule has 3 heteroatoms. The summed E-state index contributed by atoms with van der Waals surface area (Å²) in [7, 11) is 0. The minimum Gasteiger partial charge on any atom is -0.317 e. The Bertz CT molecular complexity index is 708. The molecule has 0 amide bonds. The second-order valence-corrected chi connectivity index (χ2v) is 5.61. The quantitative estimate of drug-likeness (QED) is 0.720. The van der Waals surface area contributed by atoms with Crippen LogP contribution in [-0.4, -0.2) is 14.8 Å². The molecule has 3 aromatic rings. The van der Waals surface area contributed by atoms with Crippen molar-refractivity contribution in [3.63, 3.8) is 0 Å². The van der Waals surface area contributed by atoms with E-state index in [2.05, 4.69) is 71.1 Å². The SMILES string of the molecule is CC(C)Cn1cnnc1Cc1cccc2ccccc12. The van der Waals surface area contributed by atoms with Gasteiger partial charge in [0.05, 0.1) is 0 Å². The van der Waals surface area contributed by atoms with Crippen LogP contribution in [0.4, 0.5) is 0 Å². The van der Waals surface area contributed by atoms with Crippen LogP contribution in [0.1, 0.15) is 25.2 Å². The van der Waals surface area contributed by atoms with Crippen molar-refractivity contribution in [1.82, 2.24) is 14.8 Å². The van der Waals surface area contributed by atoms with Crippen LogP contribution in [0.2, 0.25) is 0 Å². The first kappa shape index (κ1) is 12.9. The second kappa shape index (κ2) is 5.45. The highest BCUT2D eigenvalue weighted by Crippen LogP contribution is 2.20. The summed E-state index contributed by atoms with van der Waals surface area (Å²) in [6.07, 6.45) is 2.66. The molecule has 0 radical (unpaired) electrons. The van der Waals surface area contributed by atoms with E-state index in [1.54, 1.807) is 0 Å². The summed E-state index contributed by atoms with van der Waals surface area (Å²) in [6, 6.07) is 14.9. The number of nitrogens with zero attached hydrogens (tertiary/aromatic N) is 3. The highest BCUT2D eigenvalue weighted by Gasteiger charge is 2.09. The Morgan fingerprint density at radius 2 is 1.85 bits per heavy atom. The zero-order chi connectivity index (χ0) is 13.9. The van der Waals surface area contributed by atoms with Gasteiger partial charge >= 0.3 is 0 Å². The molecule has 0 aliphatic carbocycles. The summed E-state index contributed by atoms with van der Waals surface area (Å²) in [5.74, 6) is 1.63. The van der Waals surface area contributed by atoms with E-state index in [0.717, 1.165) is 18.8 Å². The minimum absolute atomic E-state index is 0.595. The van der Waals surface area contributed by atoms with Gasteiger partial charge in [0, 0.05) is 13.0 Å². The first-order chi connectivity index (χ1) is 9.74. The van der Waals surface area contributed by atoms with Crippen LogP contribution in [0.3, 0.4) is 0 Å². The van der Waals surface area contributed by atoms with Crippen LogP contribution in [0.15, 0.2) is 48.8 Å². The van der Waals surface area contributed by atoms with E-state index in [1.165, 1.54) is 16.3 Å². The van der Waals surface area contributed by atoms with E-state index >= 15 is 0 Å². The summed E-state index contributed by atoms with van der Waals surface area (Å²) in [5.41, 5.74) is 1.31. The fourth-order valence-corrected chi connectivity index (χ4v) is 2.58. The van der Waals surface area contributed by atoms with E-state index in [0.29, 0.717) is 5.92 Å². The highest BCUT2D eigenvalue weighted by atomic mass is 15.3. The fourth-order valence-electron chi connectivity index (χ4n) is 2.58. The summed E-state index contributed by atoms with van der Waals surface area (Å²) >= 11 is 0. The first-order valence-electron chi connectivity index (χ1n) is 7.07. The Kier molecular flexibility index (Phi) is 3.50. The van der Waals surface area contributed by atoms with Crippen molar-refractivity contribution in [3.8, 4) is 0 Å². The maximum Gasteiger partial charge on any atom is 0.137 e. The smallest absolute Gasteiger partial charge is 0.137 e. The van der Waals surface area contributed by atoms with Crippen molar-refractivity contribution in [2.75, 3.05) is 0 Å². The molecule has 0 fully saturated rings. The Balaban J connectivity index is 1.96. The van der Waals surface area contributed by atoms with Gasteiger partial charge in [-0.1, -0.05) is 56.3 Å². The zero-order valence-corrected chi connectivity index (χ0v) is 12.0. The average Bonchev–Trinajstić information content (AvgIpc) is 2.86. The fraction of sp³-hybridized carbons (Fsp3) is 0.294. The summed E-state index contributed by atoms with van der Waals surface area (Å²) in [6.45, 7) is 5.39. The maximum atomic E-state index is 4.28. The molecule has 102 valence electrons. The molecule has 2 aromatic carbocycles. The minimum atomic E-state index is 0.595. The predicted octanol–water partition coefficient (Wildman–Crippen LogP) is 3.68. The second-order valence-electron chi connectivity index (χ2n) is 5.61. The highest BCUT2D eigenvalue weighted by molar-refractivity contribution is 5.85. The molecule has 3 nitrogen and oxygen atoms in total. The molecule has 0 atom stereocenters. The third kappa shape index (κ3) is 2.57. The third-order valence-electron chi connectivity index (χ3n) is 3.49. The van der Waals surface area contributed by atoms with Gasteiger partial charge in [-0.15, -0.1) is 10.2 Å². The molecule has 0 unspecified atom stereocenters. The number of aromatic nitrogens is 3.